The zero-order valence-corrected chi connectivity index (χ0v) is 9.76. The van der Waals surface area contributed by atoms with E-state index in [1.54, 1.807) is 0 Å². The van der Waals surface area contributed by atoms with Crippen molar-refractivity contribution in [2.45, 2.75) is 70.9 Å². The largest absolute Gasteiger partial charge is 0.311 e. The van der Waals surface area contributed by atoms with E-state index in [2.05, 4.69) is 31.3 Å². The third-order valence-corrected chi connectivity index (χ3v) is 3.14. The van der Waals surface area contributed by atoms with Crippen molar-refractivity contribution >= 4 is 0 Å². The van der Waals surface area contributed by atoms with Gasteiger partial charge >= 0.3 is 0 Å². The monoisotopic (exact) mass is 195 g/mol. The van der Waals surface area contributed by atoms with Gasteiger partial charge in [-0.1, -0.05) is 38.8 Å². The van der Waals surface area contributed by atoms with Crippen LogP contribution in [0.1, 0.15) is 58.8 Å². The Morgan fingerprint density at radius 2 is 2.21 bits per heavy atom. The molecule has 1 N–H and O–H groups in total. The van der Waals surface area contributed by atoms with Gasteiger partial charge in [0, 0.05) is 12.1 Å². The predicted molar refractivity (Wildman–Crippen MR) is 63.5 cm³/mol. The van der Waals surface area contributed by atoms with Crippen molar-refractivity contribution in [1.29, 1.82) is 0 Å². The molecule has 0 heterocycles. The van der Waals surface area contributed by atoms with E-state index in [0.717, 1.165) is 12.1 Å². The molecule has 1 aliphatic rings. The summed E-state index contributed by atoms with van der Waals surface area (Å²) in [5.74, 6) is 0. The van der Waals surface area contributed by atoms with Crippen LogP contribution in [-0.4, -0.2) is 12.1 Å². The SMILES string of the molecule is CCCCC(CC)NC1CC=CCC1. The number of allylic oxidation sites excluding steroid dienone is 1. The van der Waals surface area contributed by atoms with E-state index in [9.17, 15) is 0 Å². The Hall–Kier alpha value is -0.300. The van der Waals surface area contributed by atoms with Crippen LogP contribution < -0.4 is 5.32 Å². The Kier molecular flexibility index (Phi) is 5.93. The number of unbranched alkanes of at least 4 members (excludes halogenated alkanes) is 1. The Morgan fingerprint density at radius 1 is 1.36 bits per heavy atom. The van der Waals surface area contributed by atoms with Crippen LogP contribution in [0.3, 0.4) is 0 Å². The fraction of sp³-hybridized carbons (Fsp3) is 0.846. The van der Waals surface area contributed by atoms with Crippen molar-refractivity contribution in [2.75, 3.05) is 0 Å². The van der Waals surface area contributed by atoms with Gasteiger partial charge in [0.15, 0.2) is 0 Å². The Labute approximate surface area is 89.0 Å². The maximum atomic E-state index is 3.79. The first kappa shape index (κ1) is 11.8. The summed E-state index contributed by atoms with van der Waals surface area (Å²) in [6.45, 7) is 4.57. The van der Waals surface area contributed by atoms with Crippen LogP contribution in [0.4, 0.5) is 0 Å². The zero-order valence-electron chi connectivity index (χ0n) is 9.76. The fourth-order valence-corrected chi connectivity index (χ4v) is 2.13. The van der Waals surface area contributed by atoms with E-state index in [1.807, 2.05) is 0 Å². The minimum absolute atomic E-state index is 0.752. The molecule has 14 heavy (non-hydrogen) atoms. The van der Waals surface area contributed by atoms with Crippen molar-refractivity contribution in [2.24, 2.45) is 0 Å². The highest BCUT2D eigenvalue weighted by molar-refractivity contribution is 4.93. The van der Waals surface area contributed by atoms with Gasteiger partial charge in [-0.15, -0.1) is 0 Å². The average Bonchev–Trinajstić information content (AvgIpc) is 2.25. The summed E-state index contributed by atoms with van der Waals surface area (Å²) in [4.78, 5) is 0. The molecule has 1 nitrogen and oxygen atoms in total. The van der Waals surface area contributed by atoms with Crippen LogP contribution in [0, 0.1) is 0 Å². The van der Waals surface area contributed by atoms with Gasteiger partial charge in [-0.25, -0.2) is 0 Å². The van der Waals surface area contributed by atoms with Gasteiger partial charge in [0.1, 0.15) is 0 Å². The second kappa shape index (κ2) is 7.05. The van der Waals surface area contributed by atoms with Crippen LogP contribution in [0.25, 0.3) is 0 Å². The maximum absolute atomic E-state index is 3.79. The van der Waals surface area contributed by atoms with E-state index in [4.69, 9.17) is 0 Å². The molecule has 0 bridgehead atoms. The van der Waals surface area contributed by atoms with Gasteiger partial charge in [-0.2, -0.15) is 0 Å². The van der Waals surface area contributed by atoms with Gasteiger partial charge in [-0.05, 0) is 32.1 Å². The Balaban J connectivity index is 2.21. The van der Waals surface area contributed by atoms with Crippen molar-refractivity contribution in [1.82, 2.24) is 5.32 Å². The van der Waals surface area contributed by atoms with Crippen LogP contribution in [-0.2, 0) is 0 Å². The molecule has 0 aliphatic heterocycles. The molecular formula is C13H25N. The summed E-state index contributed by atoms with van der Waals surface area (Å²) < 4.78 is 0. The first-order chi connectivity index (χ1) is 6.86. The Bertz CT molecular complexity index is 163. The summed E-state index contributed by atoms with van der Waals surface area (Å²) in [5, 5.41) is 3.79. The summed E-state index contributed by atoms with van der Waals surface area (Å²) in [6.07, 6.45) is 13.8. The molecule has 0 saturated heterocycles. The Morgan fingerprint density at radius 3 is 2.79 bits per heavy atom. The summed E-state index contributed by atoms with van der Waals surface area (Å²) in [7, 11) is 0. The van der Waals surface area contributed by atoms with Gasteiger partial charge in [0.05, 0.1) is 0 Å². The van der Waals surface area contributed by atoms with Gasteiger partial charge in [0.25, 0.3) is 0 Å². The molecular weight excluding hydrogens is 170 g/mol. The highest BCUT2D eigenvalue weighted by atomic mass is 14.9. The number of rotatable bonds is 6. The number of hydrogen-bond acceptors (Lipinski definition) is 1. The van der Waals surface area contributed by atoms with Crippen LogP contribution in [0.5, 0.6) is 0 Å². The predicted octanol–water partition coefficient (Wildman–Crippen LogP) is 3.65. The molecule has 82 valence electrons. The molecule has 1 aliphatic carbocycles. The molecule has 0 spiro atoms. The molecule has 0 fully saturated rings. The molecule has 1 rings (SSSR count). The number of hydrogen-bond donors (Lipinski definition) is 1. The van der Waals surface area contributed by atoms with Gasteiger partial charge < -0.3 is 5.32 Å². The minimum atomic E-state index is 0.752. The smallest absolute Gasteiger partial charge is 0.0107 e. The lowest BCUT2D eigenvalue weighted by Gasteiger charge is -2.25. The second-order valence-corrected chi connectivity index (χ2v) is 4.40. The van der Waals surface area contributed by atoms with Gasteiger partial charge in [-0.3, -0.25) is 0 Å². The molecule has 0 aromatic carbocycles. The lowest BCUT2D eigenvalue weighted by molar-refractivity contribution is 0.372. The molecule has 0 amide bonds. The van der Waals surface area contributed by atoms with Crippen molar-refractivity contribution in [3.8, 4) is 0 Å². The van der Waals surface area contributed by atoms with E-state index >= 15 is 0 Å². The first-order valence-corrected chi connectivity index (χ1v) is 6.27. The molecule has 0 aromatic rings. The molecule has 0 radical (unpaired) electrons. The minimum Gasteiger partial charge on any atom is -0.311 e. The average molecular weight is 195 g/mol. The van der Waals surface area contributed by atoms with Crippen molar-refractivity contribution in [3.05, 3.63) is 12.2 Å². The molecule has 2 atom stereocenters. The van der Waals surface area contributed by atoms with E-state index < -0.39 is 0 Å². The second-order valence-electron chi connectivity index (χ2n) is 4.40. The van der Waals surface area contributed by atoms with E-state index in [-0.39, 0.29) is 0 Å². The summed E-state index contributed by atoms with van der Waals surface area (Å²) >= 11 is 0. The van der Waals surface area contributed by atoms with Crippen molar-refractivity contribution in [3.63, 3.8) is 0 Å². The summed E-state index contributed by atoms with van der Waals surface area (Å²) in [5.41, 5.74) is 0. The quantitative estimate of drug-likeness (QED) is 0.638. The lowest BCUT2D eigenvalue weighted by atomic mass is 9.99. The normalized spacial score (nSPS) is 23.7. The third-order valence-electron chi connectivity index (χ3n) is 3.14. The van der Waals surface area contributed by atoms with E-state index in [0.29, 0.717) is 0 Å². The van der Waals surface area contributed by atoms with E-state index in [1.165, 1.54) is 44.9 Å². The van der Waals surface area contributed by atoms with Gasteiger partial charge in [0.2, 0.25) is 0 Å². The highest BCUT2D eigenvalue weighted by Gasteiger charge is 2.13. The molecule has 0 aromatic heterocycles. The maximum Gasteiger partial charge on any atom is 0.0107 e. The standard InChI is InChI=1S/C13H25N/c1-3-5-9-12(4-2)14-13-10-7-6-8-11-13/h6-7,12-14H,3-5,8-11H2,1-2H3. The first-order valence-electron chi connectivity index (χ1n) is 6.27. The summed E-state index contributed by atoms with van der Waals surface area (Å²) in [6, 6.07) is 1.51. The highest BCUT2D eigenvalue weighted by Crippen LogP contribution is 2.13. The topological polar surface area (TPSA) is 12.0 Å². The fourth-order valence-electron chi connectivity index (χ4n) is 2.13. The van der Waals surface area contributed by atoms with Crippen molar-refractivity contribution < 1.29 is 0 Å². The molecule has 2 unspecified atom stereocenters. The van der Waals surface area contributed by atoms with Crippen LogP contribution in [0.15, 0.2) is 12.2 Å². The lowest BCUT2D eigenvalue weighted by Crippen LogP contribution is -2.38. The zero-order chi connectivity index (χ0) is 10.2. The molecule has 0 saturated carbocycles. The molecule has 1 heteroatoms. The third kappa shape index (κ3) is 4.28. The van der Waals surface area contributed by atoms with Crippen LogP contribution >= 0.6 is 0 Å². The van der Waals surface area contributed by atoms with Crippen LogP contribution in [0.2, 0.25) is 0 Å². The number of nitrogens with one attached hydrogen (secondary N) is 1.